The van der Waals surface area contributed by atoms with Crippen LogP contribution in [0.1, 0.15) is 125 Å². The van der Waals surface area contributed by atoms with Crippen LogP contribution in [-0.2, 0) is 5.54 Å². The summed E-state index contributed by atoms with van der Waals surface area (Å²) in [6.07, 6.45) is 13.7. The lowest BCUT2D eigenvalue weighted by Gasteiger charge is -2.60. The van der Waals surface area contributed by atoms with E-state index in [9.17, 15) is 0 Å². The van der Waals surface area contributed by atoms with E-state index < -0.39 is 11.1 Å². The number of nitrogens with zero attached hydrogens (tertiary/aromatic N) is 1. The lowest BCUT2D eigenvalue weighted by molar-refractivity contribution is -0.0417. The smallest absolute Gasteiger partial charge is 0.124 e. The second-order valence-electron chi connectivity index (χ2n) is 13.5. The molecule has 5 rings (SSSR count). The van der Waals surface area contributed by atoms with Gasteiger partial charge in [-0.2, -0.15) is 0 Å². The number of nitrogens with two attached hydrogens (primary N) is 1. The summed E-state index contributed by atoms with van der Waals surface area (Å²) >= 11 is 0. The molecule has 1 saturated heterocycles. The summed E-state index contributed by atoms with van der Waals surface area (Å²) in [5, 5.41) is 0. The highest BCUT2D eigenvalue weighted by Gasteiger charge is 2.57. The summed E-state index contributed by atoms with van der Waals surface area (Å²) in [7, 11) is 1.82. The average molecular weight is 567 g/mol. The van der Waals surface area contributed by atoms with Gasteiger partial charge in [0, 0.05) is 17.5 Å². The summed E-state index contributed by atoms with van der Waals surface area (Å²) in [5.74, 6) is 1.44. The number of ether oxygens (including phenoxy) is 1. The predicted molar refractivity (Wildman–Crippen MR) is 177 cm³/mol. The molecule has 1 saturated carbocycles. The molecule has 0 bridgehead atoms. The van der Waals surface area contributed by atoms with Gasteiger partial charge in [0.1, 0.15) is 5.75 Å². The van der Waals surface area contributed by atoms with Crippen LogP contribution in [0.5, 0.6) is 5.75 Å². The molecular weight excluding hydrogens is 512 g/mol. The highest BCUT2D eigenvalue weighted by atomic mass is 16.5. The molecule has 2 atom stereocenters. The first-order valence-electron chi connectivity index (χ1n) is 16.7. The Morgan fingerprint density at radius 3 is 1.88 bits per heavy atom. The number of hydrogen-bond acceptors (Lipinski definition) is 3. The molecule has 0 radical (unpaired) electrons. The van der Waals surface area contributed by atoms with Crippen LogP contribution >= 0.6 is 0 Å². The first-order chi connectivity index (χ1) is 20.4. The fourth-order valence-electron chi connectivity index (χ4n) is 8.31. The van der Waals surface area contributed by atoms with Crippen LogP contribution in [0, 0.1) is 0 Å². The van der Waals surface area contributed by atoms with Gasteiger partial charge in [0.05, 0.1) is 18.2 Å². The molecule has 2 fully saturated rings. The molecule has 3 nitrogen and oxygen atoms in total. The van der Waals surface area contributed by atoms with Gasteiger partial charge in [-0.05, 0) is 73.9 Å². The van der Waals surface area contributed by atoms with Crippen LogP contribution < -0.4 is 10.5 Å². The minimum absolute atomic E-state index is 0.0980. The Bertz CT molecular complexity index is 1210. The molecule has 2 N–H and O–H groups in total. The Balaban J connectivity index is 1.82. The third-order valence-corrected chi connectivity index (χ3v) is 10.7. The lowest BCUT2D eigenvalue weighted by Crippen LogP contribution is -2.70. The van der Waals surface area contributed by atoms with E-state index in [0.29, 0.717) is 12.0 Å². The molecule has 1 heterocycles. The van der Waals surface area contributed by atoms with E-state index in [0.717, 1.165) is 25.1 Å². The van der Waals surface area contributed by atoms with Crippen molar-refractivity contribution in [1.82, 2.24) is 4.90 Å². The maximum Gasteiger partial charge on any atom is 0.124 e. The molecule has 226 valence electrons. The molecule has 0 amide bonds. The van der Waals surface area contributed by atoms with Gasteiger partial charge < -0.3 is 10.5 Å². The van der Waals surface area contributed by atoms with Crippen molar-refractivity contribution in [2.45, 2.75) is 120 Å². The van der Waals surface area contributed by atoms with E-state index in [1.807, 2.05) is 7.11 Å². The van der Waals surface area contributed by atoms with Crippen LogP contribution in [0.15, 0.2) is 78.9 Å². The van der Waals surface area contributed by atoms with Crippen LogP contribution in [0.4, 0.5) is 0 Å². The van der Waals surface area contributed by atoms with E-state index in [4.69, 9.17) is 10.5 Å². The highest BCUT2D eigenvalue weighted by Crippen LogP contribution is 2.54. The zero-order valence-corrected chi connectivity index (χ0v) is 26.7. The highest BCUT2D eigenvalue weighted by molar-refractivity contribution is 5.49. The van der Waals surface area contributed by atoms with E-state index in [1.165, 1.54) is 80.0 Å². The maximum absolute atomic E-state index is 8.19. The molecule has 42 heavy (non-hydrogen) atoms. The number of methoxy groups -OCH3 is 1. The van der Waals surface area contributed by atoms with Gasteiger partial charge in [-0.15, -0.1) is 0 Å². The number of likely N-dealkylation sites (tertiary alicyclic amines) is 1. The number of hydrogen-bond donors (Lipinski definition) is 1. The molecule has 0 aromatic heterocycles. The summed E-state index contributed by atoms with van der Waals surface area (Å²) < 4.78 is 6.17. The zero-order chi connectivity index (χ0) is 29.6. The standard InChI is InChI=1S/C39H54N2O/c1-30(2)33-25-26-36(42-4)35(29-33)39(40)27-17-10-18-28-41(34-23-15-6-5-7-16-24-34)38(39,3)37(31-19-11-8-12-20-31)32-21-13-9-14-22-32/h8-9,11-14,19-22,25-26,29-30,34,37H,5-7,10,15-18,23-24,27-28,40H2,1-4H3/t38-,39-/m0/s1. The monoisotopic (exact) mass is 566 g/mol. The fourth-order valence-corrected chi connectivity index (χ4v) is 8.31. The fraction of sp³-hybridized carbons (Fsp3) is 0.538. The van der Waals surface area contributed by atoms with Crippen LogP contribution in [-0.4, -0.2) is 30.1 Å². The molecule has 0 unspecified atom stereocenters. The number of benzene rings is 3. The average Bonchev–Trinajstić information content (AvgIpc) is 2.99. The van der Waals surface area contributed by atoms with Gasteiger partial charge in [0.15, 0.2) is 0 Å². The van der Waals surface area contributed by atoms with Gasteiger partial charge in [-0.1, -0.05) is 126 Å². The first kappa shape index (κ1) is 30.8. The molecule has 3 heteroatoms. The van der Waals surface area contributed by atoms with Crippen molar-refractivity contribution in [3.05, 3.63) is 101 Å². The van der Waals surface area contributed by atoms with Crippen LogP contribution in [0.25, 0.3) is 0 Å². The maximum atomic E-state index is 8.19. The van der Waals surface area contributed by atoms with Crippen molar-refractivity contribution in [2.24, 2.45) is 5.73 Å². The summed E-state index contributed by atoms with van der Waals surface area (Å²) in [5.41, 5.74) is 12.3. The van der Waals surface area contributed by atoms with E-state index in [1.54, 1.807) is 0 Å². The zero-order valence-electron chi connectivity index (χ0n) is 26.7. The quantitative estimate of drug-likeness (QED) is 0.309. The molecule has 2 aliphatic rings. The van der Waals surface area contributed by atoms with Crippen LogP contribution in [0.2, 0.25) is 0 Å². The van der Waals surface area contributed by atoms with Crippen molar-refractivity contribution in [3.8, 4) is 5.75 Å². The van der Waals surface area contributed by atoms with Gasteiger partial charge in [0.2, 0.25) is 0 Å². The van der Waals surface area contributed by atoms with Crippen molar-refractivity contribution < 1.29 is 4.74 Å². The summed E-state index contributed by atoms with van der Waals surface area (Å²) in [6.45, 7) is 8.18. The van der Waals surface area contributed by atoms with Crippen molar-refractivity contribution in [2.75, 3.05) is 13.7 Å². The SMILES string of the molecule is COc1ccc(C(C)C)cc1[C@@]1(N)CCCCCN(C2CCCCCCC2)[C@@]1(C)C(c1ccccc1)c1ccccc1. The van der Waals surface area contributed by atoms with Crippen molar-refractivity contribution >= 4 is 0 Å². The van der Waals surface area contributed by atoms with Crippen LogP contribution in [0.3, 0.4) is 0 Å². The largest absolute Gasteiger partial charge is 0.496 e. The predicted octanol–water partition coefficient (Wildman–Crippen LogP) is 9.55. The minimum atomic E-state index is -0.637. The second-order valence-corrected chi connectivity index (χ2v) is 13.5. The van der Waals surface area contributed by atoms with Gasteiger partial charge in [0.25, 0.3) is 0 Å². The number of rotatable bonds is 7. The Morgan fingerprint density at radius 1 is 0.738 bits per heavy atom. The second kappa shape index (κ2) is 13.8. The molecule has 0 spiro atoms. The van der Waals surface area contributed by atoms with Crippen molar-refractivity contribution in [1.29, 1.82) is 0 Å². The minimum Gasteiger partial charge on any atom is -0.496 e. The Hall–Kier alpha value is -2.62. The summed E-state index contributed by atoms with van der Waals surface area (Å²) in [4.78, 5) is 2.93. The van der Waals surface area contributed by atoms with Crippen molar-refractivity contribution in [3.63, 3.8) is 0 Å². The molecule has 3 aromatic rings. The topological polar surface area (TPSA) is 38.5 Å². The Kier molecular flexibility index (Phi) is 10.1. The lowest BCUT2D eigenvalue weighted by atomic mass is 9.59. The van der Waals surface area contributed by atoms with E-state index >= 15 is 0 Å². The molecular formula is C39H54N2O. The summed E-state index contributed by atoms with van der Waals surface area (Å²) in [6, 6.07) is 29.8. The van der Waals surface area contributed by atoms with E-state index in [2.05, 4.69) is 105 Å². The third-order valence-electron chi connectivity index (χ3n) is 10.7. The van der Waals surface area contributed by atoms with Gasteiger partial charge in [-0.25, -0.2) is 0 Å². The third kappa shape index (κ3) is 6.06. The normalized spacial score (nSPS) is 25.0. The molecule has 1 aliphatic heterocycles. The molecule has 1 aliphatic carbocycles. The Morgan fingerprint density at radius 2 is 1.31 bits per heavy atom. The van der Waals surface area contributed by atoms with Gasteiger partial charge in [-0.3, -0.25) is 4.90 Å². The first-order valence-corrected chi connectivity index (χ1v) is 16.7. The van der Waals surface area contributed by atoms with Gasteiger partial charge >= 0.3 is 0 Å². The molecule has 3 aromatic carbocycles. The van der Waals surface area contributed by atoms with E-state index in [-0.39, 0.29) is 5.92 Å². The Labute approximate surface area is 255 Å².